The minimum atomic E-state index is -0.647. The molecule has 1 aromatic heterocycles. The lowest BCUT2D eigenvalue weighted by molar-refractivity contribution is -0.128. The summed E-state index contributed by atoms with van der Waals surface area (Å²) in [5.74, 6) is 0.717. The smallest absolute Gasteiger partial charge is 0.325 e. The number of carbonyl (C=O) groups excluding carboxylic acids is 3. The lowest BCUT2D eigenvalue weighted by Gasteiger charge is -2.44. The number of piperidine rings is 2. The molecule has 0 spiro atoms. The molecular weight excluding hydrogens is 372 g/mol. The second-order valence-corrected chi connectivity index (χ2v) is 8.35. The summed E-state index contributed by atoms with van der Waals surface area (Å²) in [4.78, 5) is 40.6. The van der Waals surface area contributed by atoms with Gasteiger partial charge in [0.25, 0.3) is 5.91 Å². The van der Waals surface area contributed by atoms with Crippen molar-refractivity contribution in [3.63, 3.8) is 0 Å². The summed E-state index contributed by atoms with van der Waals surface area (Å²) < 4.78 is 5.21. The zero-order chi connectivity index (χ0) is 20.2. The van der Waals surface area contributed by atoms with Crippen molar-refractivity contribution in [3.8, 4) is 0 Å². The lowest BCUT2D eigenvalue weighted by atomic mass is 9.83. The second kappa shape index (κ2) is 8.98. The highest BCUT2D eigenvalue weighted by Crippen LogP contribution is 2.30. The topological polar surface area (TPSA) is 94.9 Å². The quantitative estimate of drug-likeness (QED) is 0.679. The first-order valence-electron chi connectivity index (χ1n) is 10.8. The first-order valence-corrected chi connectivity index (χ1v) is 10.8. The van der Waals surface area contributed by atoms with E-state index < -0.39 is 12.1 Å². The van der Waals surface area contributed by atoms with Gasteiger partial charge in [-0.15, -0.1) is 0 Å². The standard InChI is InChI=1S/C21H30N4O4/c26-19(22-13-15-5-3-11-24-10-2-1-7-18(15)24)9-8-17-20(27)25(21(28)23-17)14-16-6-4-12-29-16/h4,6,12,15,17-18H,1-3,5,7-11,13-14H2,(H,22,26)(H,23,28)/t15-,17+,18+/m1/s1. The van der Waals surface area contributed by atoms with Crippen LogP contribution in [0.15, 0.2) is 22.8 Å². The number of nitrogens with one attached hydrogen (secondary N) is 2. The zero-order valence-corrected chi connectivity index (χ0v) is 16.8. The van der Waals surface area contributed by atoms with Gasteiger partial charge in [0, 0.05) is 19.0 Å². The fourth-order valence-corrected chi connectivity index (χ4v) is 4.90. The molecule has 158 valence electrons. The average Bonchev–Trinajstić information content (AvgIpc) is 3.34. The summed E-state index contributed by atoms with van der Waals surface area (Å²) in [6, 6.07) is 2.96. The number of imide groups is 1. The molecule has 29 heavy (non-hydrogen) atoms. The van der Waals surface area contributed by atoms with Crippen LogP contribution < -0.4 is 10.6 Å². The molecule has 4 heterocycles. The number of furan rings is 1. The summed E-state index contributed by atoms with van der Waals surface area (Å²) in [6.07, 6.45) is 8.21. The number of hydrogen-bond acceptors (Lipinski definition) is 5. The normalized spacial score (nSPS) is 27.6. The second-order valence-electron chi connectivity index (χ2n) is 8.35. The molecular formula is C21H30N4O4. The predicted molar refractivity (Wildman–Crippen MR) is 106 cm³/mol. The van der Waals surface area contributed by atoms with Crippen LogP contribution in [0.2, 0.25) is 0 Å². The van der Waals surface area contributed by atoms with Gasteiger partial charge in [0.1, 0.15) is 11.8 Å². The molecule has 0 radical (unpaired) electrons. The minimum Gasteiger partial charge on any atom is -0.467 e. The van der Waals surface area contributed by atoms with Crippen LogP contribution in [0.25, 0.3) is 0 Å². The molecule has 3 saturated heterocycles. The minimum absolute atomic E-state index is 0.0514. The van der Waals surface area contributed by atoms with Crippen molar-refractivity contribution in [2.45, 2.75) is 63.6 Å². The fourth-order valence-electron chi connectivity index (χ4n) is 4.90. The average molecular weight is 402 g/mol. The van der Waals surface area contributed by atoms with Crippen LogP contribution >= 0.6 is 0 Å². The van der Waals surface area contributed by atoms with Crippen molar-refractivity contribution in [2.75, 3.05) is 19.6 Å². The number of rotatable bonds is 7. The van der Waals surface area contributed by atoms with Gasteiger partial charge in [0.15, 0.2) is 0 Å². The Labute approximate surface area is 171 Å². The lowest BCUT2D eigenvalue weighted by Crippen LogP contribution is -2.51. The molecule has 0 unspecified atom stereocenters. The number of amides is 4. The Hall–Kier alpha value is -2.35. The molecule has 4 amide bonds. The summed E-state index contributed by atoms with van der Waals surface area (Å²) >= 11 is 0. The number of carbonyl (C=O) groups is 3. The third-order valence-corrected chi connectivity index (χ3v) is 6.45. The molecule has 4 rings (SSSR count). The van der Waals surface area contributed by atoms with Gasteiger partial charge in [0.2, 0.25) is 5.91 Å². The van der Waals surface area contributed by atoms with Gasteiger partial charge in [-0.05, 0) is 63.2 Å². The fraction of sp³-hybridized carbons (Fsp3) is 0.667. The molecule has 2 N–H and O–H groups in total. The summed E-state index contributed by atoms with van der Waals surface area (Å²) in [5.41, 5.74) is 0. The van der Waals surface area contributed by atoms with Crippen LogP contribution in [0.3, 0.4) is 0 Å². The van der Waals surface area contributed by atoms with E-state index in [1.54, 1.807) is 12.1 Å². The van der Waals surface area contributed by atoms with Crippen LogP contribution in [-0.4, -0.2) is 59.4 Å². The summed E-state index contributed by atoms with van der Waals surface area (Å²) in [6.45, 7) is 3.19. The van der Waals surface area contributed by atoms with Crippen molar-refractivity contribution >= 4 is 17.8 Å². The van der Waals surface area contributed by atoms with E-state index in [1.807, 2.05) is 0 Å². The van der Waals surface area contributed by atoms with E-state index in [2.05, 4.69) is 15.5 Å². The summed E-state index contributed by atoms with van der Waals surface area (Å²) in [5, 5.41) is 5.74. The van der Waals surface area contributed by atoms with E-state index in [-0.39, 0.29) is 24.8 Å². The molecule has 3 fully saturated rings. The molecule has 8 heteroatoms. The Kier molecular flexibility index (Phi) is 6.18. The molecule has 1 aromatic rings. The molecule has 0 aromatic carbocycles. The number of hydrogen-bond donors (Lipinski definition) is 2. The summed E-state index contributed by atoms with van der Waals surface area (Å²) in [7, 11) is 0. The highest BCUT2D eigenvalue weighted by atomic mass is 16.3. The van der Waals surface area contributed by atoms with E-state index in [0.717, 1.165) is 4.90 Å². The maximum absolute atomic E-state index is 12.5. The molecule has 0 bridgehead atoms. The van der Waals surface area contributed by atoms with Crippen molar-refractivity contribution in [1.29, 1.82) is 0 Å². The van der Waals surface area contributed by atoms with Crippen LogP contribution in [0.5, 0.6) is 0 Å². The largest absolute Gasteiger partial charge is 0.467 e. The van der Waals surface area contributed by atoms with Crippen molar-refractivity contribution < 1.29 is 18.8 Å². The Bertz CT molecular complexity index is 733. The molecule has 3 aliphatic rings. The Balaban J connectivity index is 1.21. The maximum atomic E-state index is 12.5. The zero-order valence-electron chi connectivity index (χ0n) is 16.8. The predicted octanol–water partition coefficient (Wildman–Crippen LogP) is 1.86. The maximum Gasteiger partial charge on any atom is 0.325 e. The third kappa shape index (κ3) is 4.63. The van der Waals surface area contributed by atoms with Gasteiger partial charge in [-0.25, -0.2) is 4.79 Å². The van der Waals surface area contributed by atoms with Crippen molar-refractivity contribution in [1.82, 2.24) is 20.4 Å². The highest BCUT2D eigenvalue weighted by Gasteiger charge is 2.38. The van der Waals surface area contributed by atoms with E-state index in [1.165, 1.54) is 51.5 Å². The number of nitrogens with zero attached hydrogens (tertiary/aromatic N) is 2. The van der Waals surface area contributed by atoms with Gasteiger partial charge < -0.3 is 20.0 Å². The number of urea groups is 1. The van der Waals surface area contributed by atoms with Crippen LogP contribution in [-0.2, 0) is 16.1 Å². The highest BCUT2D eigenvalue weighted by molar-refractivity contribution is 6.04. The Morgan fingerprint density at radius 3 is 2.90 bits per heavy atom. The Morgan fingerprint density at radius 1 is 1.21 bits per heavy atom. The van der Waals surface area contributed by atoms with E-state index >= 15 is 0 Å². The van der Waals surface area contributed by atoms with E-state index in [9.17, 15) is 14.4 Å². The van der Waals surface area contributed by atoms with Gasteiger partial charge in [-0.1, -0.05) is 6.42 Å². The Morgan fingerprint density at radius 2 is 2.07 bits per heavy atom. The molecule has 0 saturated carbocycles. The monoisotopic (exact) mass is 402 g/mol. The van der Waals surface area contributed by atoms with Gasteiger partial charge in [-0.3, -0.25) is 14.5 Å². The molecule has 3 aliphatic heterocycles. The van der Waals surface area contributed by atoms with E-state index in [0.29, 0.717) is 30.7 Å². The van der Waals surface area contributed by atoms with Crippen LogP contribution in [0.1, 0.15) is 50.7 Å². The van der Waals surface area contributed by atoms with Crippen LogP contribution in [0.4, 0.5) is 4.79 Å². The molecule has 0 aliphatic carbocycles. The van der Waals surface area contributed by atoms with Gasteiger partial charge in [-0.2, -0.15) is 0 Å². The van der Waals surface area contributed by atoms with Crippen molar-refractivity contribution in [2.24, 2.45) is 5.92 Å². The SMILES string of the molecule is O=C(CC[C@@H]1NC(=O)N(Cc2ccco2)C1=O)NC[C@H]1CCCN2CCCC[C@@H]12. The van der Waals surface area contributed by atoms with Gasteiger partial charge >= 0.3 is 6.03 Å². The van der Waals surface area contributed by atoms with Gasteiger partial charge in [0.05, 0.1) is 12.8 Å². The number of fused-ring (bicyclic) bond motifs is 1. The van der Waals surface area contributed by atoms with Crippen molar-refractivity contribution in [3.05, 3.63) is 24.2 Å². The first kappa shape index (κ1) is 19.9. The third-order valence-electron chi connectivity index (χ3n) is 6.45. The first-order chi connectivity index (χ1) is 14.1. The van der Waals surface area contributed by atoms with E-state index in [4.69, 9.17) is 4.42 Å². The molecule has 8 nitrogen and oxygen atoms in total. The van der Waals surface area contributed by atoms with Crippen LogP contribution in [0, 0.1) is 5.92 Å². The molecule has 3 atom stereocenters.